The normalized spacial score (nSPS) is 16.8. The maximum atomic E-state index is 13.4. The summed E-state index contributed by atoms with van der Waals surface area (Å²) >= 11 is 5.55. The molecule has 6 N–H and O–H groups in total. The molecule has 0 aromatic carbocycles. The molecule has 0 aromatic rings. The molecule has 1 aliphatic carbocycles. The van der Waals surface area contributed by atoms with Crippen LogP contribution in [0.4, 0.5) is 0 Å². The van der Waals surface area contributed by atoms with Crippen LogP contribution >= 0.6 is 69.0 Å². The van der Waals surface area contributed by atoms with E-state index in [4.69, 9.17) is 13.9 Å². The number of amides is 5. The SMILES string of the molecule is COCC1CCC(C(=O)NC(CO)C(=O)NC(CCC(=O)NC(CCC(=O)NCCCCCCOI)C(=O)CCCCCOI)C(=O)NCCCCCCOI)CC1. The van der Waals surface area contributed by atoms with Crippen molar-refractivity contribution in [2.45, 2.75) is 147 Å². The summed E-state index contributed by atoms with van der Waals surface area (Å²) in [6, 6.07) is -3.35. The summed E-state index contributed by atoms with van der Waals surface area (Å²) in [5.41, 5.74) is 0. The van der Waals surface area contributed by atoms with E-state index in [9.17, 15) is 33.9 Å². The molecule has 0 aromatic heterocycles. The standard InChI is InChI=1S/C39H68I3N5O11/c1-55-28-29-14-16-30(17-15-29)37(52)47-33(27-48)39(54)46-32(38(53)44-23-9-3-5-11-25-57-41)19-21-36(51)45-31(34(49)13-7-6-12-26-58-42)18-20-35(50)43-22-8-2-4-10-24-56-40/h29-33,48H,2-28H2,1H3,(H,43,50)(H,44,53)(H,45,51)(H,46,54)(H,47,52). The molecule has 1 saturated carbocycles. The van der Waals surface area contributed by atoms with Crippen molar-refractivity contribution in [1.29, 1.82) is 0 Å². The van der Waals surface area contributed by atoms with E-state index in [0.717, 1.165) is 70.6 Å². The van der Waals surface area contributed by atoms with Gasteiger partial charge >= 0.3 is 0 Å². The Bertz CT molecular complexity index is 1170. The fourth-order valence-corrected chi connectivity index (χ4v) is 7.65. The summed E-state index contributed by atoms with van der Waals surface area (Å²) in [5.74, 6) is -2.41. The molecule has 0 bridgehead atoms. The molecule has 336 valence electrons. The smallest absolute Gasteiger partial charge is 0.245 e. The molecule has 0 radical (unpaired) electrons. The Balaban J connectivity index is 2.92. The number of carbonyl (C=O) groups excluding carboxylic acids is 6. The quantitative estimate of drug-likeness (QED) is 0.0361. The van der Waals surface area contributed by atoms with Crippen molar-refractivity contribution in [3.8, 4) is 0 Å². The van der Waals surface area contributed by atoms with Crippen LogP contribution in [0.1, 0.15) is 128 Å². The van der Waals surface area contributed by atoms with Gasteiger partial charge in [-0.1, -0.05) is 32.1 Å². The fraction of sp³-hybridized carbons (Fsp3) is 0.846. The molecule has 1 fully saturated rings. The zero-order valence-corrected chi connectivity index (χ0v) is 40.6. The van der Waals surface area contributed by atoms with E-state index in [2.05, 4.69) is 26.6 Å². The molecule has 0 spiro atoms. The van der Waals surface area contributed by atoms with Crippen LogP contribution in [0.5, 0.6) is 0 Å². The highest BCUT2D eigenvalue weighted by Gasteiger charge is 2.31. The Hall–Kier alpha value is -0.990. The Kier molecular flexibility index (Phi) is 34.8. The highest BCUT2D eigenvalue weighted by Crippen LogP contribution is 2.29. The number of unbranched alkanes of at least 4 members (excludes halogenated alkanes) is 8. The first kappa shape index (κ1) is 55.0. The summed E-state index contributed by atoms with van der Waals surface area (Å²) in [4.78, 5) is 79.2. The topological polar surface area (TPSA) is 220 Å². The monoisotopic (exact) mass is 1160 g/mol. The first-order valence-corrected chi connectivity index (χ1v) is 23.5. The summed E-state index contributed by atoms with van der Waals surface area (Å²) in [6.07, 6.45) is 12.3. The minimum Gasteiger partial charge on any atom is -0.394 e. The number of aliphatic hydroxyl groups excluding tert-OH is 1. The van der Waals surface area contributed by atoms with Gasteiger partial charge < -0.3 is 45.6 Å². The Morgan fingerprint density at radius 1 is 0.586 bits per heavy atom. The van der Waals surface area contributed by atoms with Gasteiger partial charge in [0.2, 0.25) is 29.5 Å². The van der Waals surface area contributed by atoms with Crippen LogP contribution < -0.4 is 26.6 Å². The fourth-order valence-electron chi connectivity index (χ4n) is 6.71. The van der Waals surface area contributed by atoms with Gasteiger partial charge in [0, 0.05) is 52.0 Å². The van der Waals surface area contributed by atoms with E-state index in [0.29, 0.717) is 71.1 Å². The minimum atomic E-state index is -1.29. The number of rotatable bonds is 36. The maximum absolute atomic E-state index is 13.4. The predicted octanol–water partition coefficient (Wildman–Crippen LogP) is 5.03. The summed E-state index contributed by atoms with van der Waals surface area (Å²) < 4.78 is 20.4. The van der Waals surface area contributed by atoms with E-state index in [1.807, 2.05) is 69.0 Å². The molecule has 0 saturated heterocycles. The van der Waals surface area contributed by atoms with Gasteiger partial charge in [-0.2, -0.15) is 0 Å². The number of aliphatic hydroxyl groups is 1. The molecule has 5 amide bonds. The Morgan fingerprint density at radius 2 is 1.12 bits per heavy atom. The number of Topliss-reactive ketones (excluding diaryl/α,β-unsaturated/α-hetero) is 1. The van der Waals surface area contributed by atoms with Crippen LogP contribution in [0.2, 0.25) is 0 Å². The van der Waals surface area contributed by atoms with Crippen LogP contribution in [0.15, 0.2) is 0 Å². The van der Waals surface area contributed by atoms with Crippen molar-refractivity contribution < 1.29 is 47.8 Å². The summed E-state index contributed by atoms with van der Waals surface area (Å²) in [7, 11) is 1.65. The summed E-state index contributed by atoms with van der Waals surface area (Å²) in [6.45, 7) is 2.73. The molecule has 3 atom stereocenters. The second-order valence-electron chi connectivity index (χ2n) is 14.9. The lowest BCUT2D eigenvalue weighted by Crippen LogP contribution is -2.56. The lowest BCUT2D eigenvalue weighted by atomic mass is 9.82. The number of hydrogen-bond acceptors (Lipinski definition) is 11. The van der Waals surface area contributed by atoms with Gasteiger partial charge in [0.15, 0.2) is 5.78 Å². The first-order chi connectivity index (χ1) is 28.1. The second kappa shape index (κ2) is 36.6. The van der Waals surface area contributed by atoms with E-state index in [-0.39, 0.29) is 55.6 Å². The average Bonchev–Trinajstić information content (AvgIpc) is 3.22. The lowest BCUT2D eigenvalue weighted by Gasteiger charge is -2.28. The number of ketones is 1. The molecule has 0 heterocycles. The van der Waals surface area contributed by atoms with E-state index >= 15 is 0 Å². The van der Waals surface area contributed by atoms with E-state index < -0.39 is 42.5 Å². The minimum absolute atomic E-state index is 0.0527. The number of methoxy groups -OCH3 is 1. The Morgan fingerprint density at radius 3 is 1.69 bits per heavy atom. The zero-order valence-electron chi connectivity index (χ0n) is 34.1. The van der Waals surface area contributed by atoms with Crippen LogP contribution in [0.25, 0.3) is 0 Å². The molecule has 58 heavy (non-hydrogen) atoms. The van der Waals surface area contributed by atoms with E-state index in [1.54, 1.807) is 7.11 Å². The van der Waals surface area contributed by atoms with Crippen molar-refractivity contribution in [2.24, 2.45) is 11.8 Å². The average molecular weight is 1160 g/mol. The zero-order chi connectivity index (χ0) is 42.8. The van der Waals surface area contributed by atoms with Gasteiger partial charge in [-0.3, -0.25) is 28.8 Å². The van der Waals surface area contributed by atoms with Crippen LogP contribution in [0, 0.1) is 11.8 Å². The molecular weight excluding hydrogens is 1100 g/mol. The van der Waals surface area contributed by atoms with Gasteiger partial charge in [-0.05, 0) is 83.0 Å². The van der Waals surface area contributed by atoms with Crippen molar-refractivity contribution in [3.05, 3.63) is 0 Å². The first-order valence-electron chi connectivity index (χ1n) is 20.9. The summed E-state index contributed by atoms with van der Waals surface area (Å²) in [5, 5.41) is 23.9. The van der Waals surface area contributed by atoms with Crippen molar-refractivity contribution in [2.75, 3.05) is 53.2 Å². The van der Waals surface area contributed by atoms with Gasteiger partial charge in [-0.25, -0.2) is 0 Å². The van der Waals surface area contributed by atoms with Gasteiger partial charge in [-0.15, -0.1) is 0 Å². The highest BCUT2D eigenvalue weighted by atomic mass is 127. The van der Waals surface area contributed by atoms with Gasteiger partial charge in [0.1, 0.15) is 81.1 Å². The molecule has 3 unspecified atom stereocenters. The van der Waals surface area contributed by atoms with Crippen LogP contribution in [-0.2, 0) is 42.7 Å². The lowest BCUT2D eigenvalue weighted by molar-refractivity contribution is -0.135. The highest BCUT2D eigenvalue weighted by molar-refractivity contribution is 14.1. The molecular formula is C39H68I3N5O11. The van der Waals surface area contributed by atoms with Crippen LogP contribution in [-0.4, -0.2) is 112 Å². The third-order valence-electron chi connectivity index (χ3n) is 10.2. The Labute approximate surface area is 387 Å². The number of nitrogens with one attached hydrogen (secondary N) is 5. The third kappa shape index (κ3) is 27.1. The number of hydrogen-bond donors (Lipinski definition) is 6. The number of ether oxygens (including phenoxy) is 1. The van der Waals surface area contributed by atoms with Gasteiger partial charge in [0.05, 0.1) is 32.5 Å². The van der Waals surface area contributed by atoms with Crippen molar-refractivity contribution in [3.63, 3.8) is 0 Å². The predicted molar refractivity (Wildman–Crippen MR) is 245 cm³/mol. The van der Waals surface area contributed by atoms with Crippen LogP contribution in [0.3, 0.4) is 0 Å². The molecule has 1 rings (SSSR count). The molecule has 0 aliphatic heterocycles. The molecule has 16 nitrogen and oxygen atoms in total. The van der Waals surface area contributed by atoms with Crippen molar-refractivity contribution in [1.82, 2.24) is 26.6 Å². The van der Waals surface area contributed by atoms with Crippen molar-refractivity contribution >= 4 is 104 Å². The number of carbonyl (C=O) groups is 6. The van der Waals surface area contributed by atoms with E-state index in [1.165, 1.54) is 0 Å². The largest absolute Gasteiger partial charge is 0.394 e. The third-order valence-corrected chi connectivity index (χ3v) is 11.5. The maximum Gasteiger partial charge on any atom is 0.245 e. The second-order valence-corrected chi connectivity index (χ2v) is 16.7. The molecule has 1 aliphatic rings. The number of halogens is 3. The molecule has 19 heteroatoms. The van der Waals surface area contributed by atoms with Gasteiger partial charge in [0.25, 0.3) is 0 Å².